The van der Waals surface area contributed by atoms with Crippen molar-refractivity contribution in [3.05, 3.63) is 64.6 Å². The van der Waals surface area contributed by atoms with Crippen molar-refractivity contribution in [1.82, 2.24) is 10.2 Å². The Kier molecular flexibility index (Phi) is 9.71. The zero-order valence-electron chi connectivity index (χ0n) is 18.6. The molecule has 2 aromatic rings. The van der Waals surface area contributed by atoms with Gasteiger partial charge in [-0.3, -0.25) is 13.9 Å². The molecule has 0 aromatic heterocycles. The van der Waals surface area contributed by atoms with Gasteiger partial charge in [0.05, 0.1) is 11.9 Å². The molecule has 0 aliphatic heterocycles. The van der Waals surface area contributed by atoms with Crippen LogP contribution in [0.5, 0.6) is 0 Å². The smallest absolute Gasteiger partial charge is 0.244 e. The largest absolute Gasteiger partial charge is 0.354 e. The van der Waals surface area contributed by atoms with Gasteiger partial charge in [-0.1, -0.05) is 66.2 Å². The Hall–Kier alpha value is -2.39. The van der Waals surface area contributed by atoms with Crippen LogP contribution in [0.3, 0.4) is 0 Å². The SMILES string of the molecule is CCCNC(=O)[C@H](CC)N(Cc1ccccc1)C(=O)CN(c1cccc(Br)c1)S(C)(=O)=O. The van der Waals surface area contributed by atoms with Crippen molar-refractivity contribution in [3.8, 4) is 0 Å². The lowest BCUT2D eigenvalue weighted by atomic mass is 10.1. The number of anilines is 1. The van der Waals surface area contributed by atoms with E-state index in [9.17, 15) is 18.0 Å². The Morgan fingerprint density at radius 3 is 2.31 bits per heavy atom. The molecule has 2 aromatic carbocycles. The summed E-state index contributed by atoms with van der Waals surface area (Å²) in [6.07, 6.45) is 2.25. The molecule has 0 aliphatic rings. The zero-order valence-corrected chi connectivity index (χ0v) is 21.0. The number of benzene rings is 2. The fourth-order valence-corrected chi connectivity index (χ4v) is 4.54. The number of nitrogens with zero attached hydrogens (tertiary/aromatic N) is 2. The first-order chi connectivity index (χ1) is 15.2. The van der Waals surface area contributed by atoms with Crippen LogP contribution >= 0.6 is 15.9 Å². The van der Waals surface area contributed by atoms with Gasteiger partial charge in [-0.15, -0.1) is 0 Å². The molecule has 174 valence electrons. The van der Waals surface area contributed by atoms with E-state index in [1.807, 2.05) is 44.2 Å². The summed E-state index contributed by atoms with van der Waals surface area (Å²) in [5, 5.41) is 2.86. The van der Waals surface area contributed by atoms with E-state index in [-0.39, 0.29) is 12.5 Å². The lowest BCUT2D eigenvalue weighted by Crippen LogP contribution is -2.52. The average molecular weight is 524 g/mol. The van der Waals surface area contributed by atoms with E-state index in [1.54, 1.807) is 24.3 Å². The van der Waals surface area contributed by atoms with Gasteiger partial charge in [-0.25, -0.2) is 8.42 Å². The van der Waals surface area contributed by atoms with Crippen LogP contribution in [0.2, 0.25) is 0 Å². The highest BCUT2D eigenvalue weighted by Gasteiger charge is 2.31. The Bertz CT molecular complexity index is 1010. The zero-order chi connectivity index (χ0) is 23.7. The van der Waals surface area contributed by atoms with Crippen LogP contribution in [-0.2, 0) is 26.2 Å². The van der Waals surface area contributed by atoms with Gasteiger partial charge in [-0.05, 0) is 36.6 Å². The maximum absolute atomic E-state index is 13.5. The minimum absolute atomic E-state index is 0.202. The number of carbonyl (C=O) groups excluding carboxylic acids is 2. The number of halogens is 1. The van der Waals surface area contributed by atoms with Crippen molar-refractivity contribution >= 4 is 43.5 Å². The third-order valence-corrected chi connectivity index (χ3v) is 6.54. The number of hydrogen-bond acceptors (Lipinski definition) is 4. The summed E-state index contributed by atoms with van der Waals surface area (Å²) in [4.78, 5) is 27.8. The Morgan fingerprint density at radius 2 is 1.75 bits per heavy atom. The van der Waals surface area contributed by atoms with Crippen LogP contribution in [0.4, 0.5) is 5.69 Å². The van der Waals surface area contributed by atoms with E-state index in [0.29, 0.717) is 23.1 Å². The summed E-state index contributed by atoms with van der Waals surface area (Å²) in [5.41, 5.74) is 1.23. The van der Waals surface area contributed by atoms with E-state index in [1.165, 1.54) is 4.90 Å². The molecule has 32 heavy (non-hydrogen) atoms. The Balaban J connectivity index is 2.39. The normalized spacial score (nSPS) is 12.1. The molecule has 1 N–H and O–H groups in total. The fourth-order valence-electron chi connectivity index (χ4n) is 3.31. The highest BCUT2D eigenvalue weighted by molar-refractivity contribution is 9.10. The van der Waals surface area contributed by atoms with Gasteiger partial charge in [0, 0.05) is 17.6 Å². The Morgan fingerprint density at radius 1 is 1.06 bits per heavy atom. The van der Waals surface area contributed by atoms with Gasteiger partial charge in [0.2, 0.25) is 21.8 Å². The molecule has 9 heteroatoms. The van der Waals surface area contributed by atoms with Crippen LogP contribution in [-0.4, -0.2) is 50.5 Å². The summed E-state index contributed by atoms with van der Waals surface area (Å²) in [6, 6.07) is 15.4. The summed E-state index contributed by atoms with van der Waals surface area (Å²) in [7, 11) is -3.74. The predicted octanol–water partition coefficient (Wildman–Crippen LogP) is 3.55. The Labute approximate surface area is 199 Å². The third kappa shape index (κ3) is 7.34. The van der Waals surface area contributed by atoms with Crippen LogP contribution in [0, 0.1) is 0 Å². The van der Waals surface area contributed by atoms with E-state index >= 15 is 0 Å². The first-order valence-electron chi connectivity index (χ1n) is 10.5. The first kappa shape index (κ1) is 25.9. The molecule has 7 nitrogen and oxygen atoms in total. The van der Waals surface area contributed by atoms with Crippen LogP contribution in [0.1, 0.15) is 32.3 Å². The molecule has 2 amide bonds. The maximum atomic E-state index is 13.5. The molecule has 0 fully saturated rings. The molecule has 0 saturated carbocycles. The van der Waals surface area contributed by atoms with Gasteiger partial charge in [0.15, 0.2) is 0 Å². The van der Waals surface area contributed by atoms with E-state index in [0.717, 1.165) is 22.5 Å². The summed E-state index contributed by atoms with van der Waals surface area (Å²) in [5.74, 6) is -0.690. The number of nitrogens with one attached hydrogen (secondary N) is 1. The van der Waals surface area contributed by atoms with E-state index < -0.39 is 28.5 Å². The second-order valence-corrected chi connectivity index (χ2v) is 10.3. The number of rotatable bonds is 11. The minimum atomic E-state index is -3.74. The second-order valence-electron chi connectivity index (χ2n) is 7.47. The van der Waals surface area contributed by atoms with Crippen molar-refractivity contribution in [1.29, 1.82) is 0 Å². The molecule has 0 spiro atoms. The van der Waals surface area contributed by atoms with Gasteiger partial charge < -0.3 is 10.2 Å². The lowest BCUT2D eigenvalue weighted by Gasteiger charge is -2.32. The number of carbonyl (C=O) groups is 2. The topological polar surface area (TPSA) is 86.8 Å². The average Bonchev–Trinajstić information content (AvgIpc) is 2.75. The van der Waals surface area contributed by atoms with Gasteiger partial charge in [-0.2, -0.15) is 0 Å². The molecule has 0 heterocycles. The van der Waals surface area contributed by atoms with Crippen LogP contribution < -0.4 is 9.62 Å². The van der Waals surface area contributed by atoms with Crippen molar-refractivity contribution in [3.63, 3.8) is 0 Å². The van der Waals surface area contributed by atoms with Gasteiger partial charge in [0.1, 0.15) is 12.6 Å². The molecule has 0 radical (unpaired) electrons. The predicted molar refractivity (Wildman–Crippen MR) is 131 cm³/mol. The molecule has 0 aliphatic carbocycles. The summed E-state index contributed by atoms with van der Waals surface area (Å²) >= 11 is 3.34. The molecule has 2 rings (SSSR count). The molecule has 0 unspecified atom stereocenters. The van der Waals surface area contributed by atoms with E-state index in [2.05, 4.69) is 21.2 Å². The number of sulfonamides is 1. The monoisotopic (exact) mass is 523 g/mol. The second kappa shape index (κ2) is 12.0. The van der Waals surface area contributed by atoms with Crippen LogP contribution in [0.25, 0.3) is 0 Å². The quantitative estimate of drug-likeness (QED) is 0.487. The number of hydrogen-bond donors (Lipinski definition) is 1. The van der Waals surface area contributed by atoms with Crippen molar-refractivity contribution in [2.24, 2.45) is 0 Å². The molecule has 1 atom stereocenters. The highest BCUT2D eigenvalue weighted by atomic mass is 79.9. The van der Waals surface area contributed by atoms with Crippen molar-refractivity contribution in [2.45, 2.75) is 39.3 Å². The third-order valence-electron chi connectivity index (χ3n) is 4.91. The van der Waals surface area contributed by atoms with Crippen molar-refractivity contribution < 1.29 is 18.0 Å². The summed E-state index contributed by atoms with van der Waals surface area (Å²) in [6.45, 7) is 4.10. The summed E-state index contributed by atoms with van der Waals surface area (Å²) < 4.78 is 26.8. The molecule has 0 bridgehead atoms. The van der Waals surface area contributed by atoms with E-state index in [4.69, 9.17) is 0 Å². The fraction of sp³-hybridized carbons (Fsp3) is 0.391. The van der Waals surface area contributed by atoms with Gasteiger partial charge in [0.25, 0.3) is 0 Å². The standard InChI is InChI=1S/C23H30BrN3O4S/c1-4-14-25-23(29)21(5-2)26(16-18-10-7-6-8-11-18)22(28)17-27(32(3,30)31)20-13-9-12-19(24)15-20/h6-13,15,21H,4-5,14,16-17H2,1-3H3,(H,25,29)/t21-/m0/s1. The molecular formula is C23H30BrN3O4S. The van der Waals surface area contributed by atoms with Gasteiger partial charge >= 0.3 is 0 Å². The van der Waals surface area contributed by atoms with Crippen LogP contribution in [0.15, 0.2) is 59.1 Å². The lowest BCUT2D eigenvalue weighted by molar-refractivity contribution is -0.140. The maximum Gasteiger partial charge on any atom is 0.244 e. The molecule has 0 saturated heterocycles. The first-order valence-corrected chi connectivity index (χ1v) is 13.2. The number of amides is 2. The molecular weight excluding hydrogens is 494 g/mol. The highest BCUT2D eigenvalue weighted by Crippen LogP contribution is 2.23. The van der Waals surface area contributed by atoms with Crippen molar-refractivity contribution in [2.75, 3.05) is 23.7 Å². The minimum Gasteiger partial charge on any atom is -0.354 e.